The summed E-state index contributed by atoms with van der Waals surface area (Å²) in [5.41, 5.74) is 3.03. The van der Waals surface area contributed by atoms with Gasteiger partial charge in [-0.3, -0.25) is 4.98 Å². The van der Waals surface area contributed by atoms with Crippen molar-refractivity contribution < 1.29 is 21.6 Å². The molecule has 1 aliphatic carbocycles. The predicted molar refractivity (Wildman–Crippen MR) is 60.5 cm³/mol. The lowest BCUT2D eigenvalue weighted by atomic mass is 10.3. The molecule has 1 aromatic heterocycles. The van der Waals surface area contributed by atoms with E-state index in [0.29, 0.717) is 0 Å². The van der Waals surface area contributed by atoms with Gasteiger partial charge in [-0.2, -0.15) is 17.9 Å². The number of nitrogens with one attached hydrogen (secondary N) is 1. The molecule has 1 aliphatic rings. The fraction of sp³-hybridized carbons (Fsp3) is 0.500. The highest BCUT2D eigenvalue weighted by Gasteiger charge is 2.65. The van der Waals surface area contributed by atoms with Crippen LogP contribution in [0.1, 0.15) is 18.5 Å². The third-order valence-electron chi connectivity index (χ3n) is 2.95. The molecule has 5 nitrogen and oxygen atoms in total. The van der Waals surface area contributed by atoms with Gasteiger partial charge >= 0.3 is 6.18 Å². The highest BCUT2D eigenvalue weighted by molar-refractivity contribution is 7.89. The van der Waals surface area contributed by atoms with Crippen LogP contribution in [-0.2, 0) is 16.6 Å². The minimum atomic E-state index is -4.61. The molecule has 0 aromatic carbocycles. The van der Waals surface area contributed by atoms with Crippen molar-refractivity contribution in [1.29, 1.82) is 0 Å². The molecule has 0 unspecified atom stereocenters. The van der Waals surface area contributed by atoms with Gasteiger partial charge in [0.25, 0.3) is 0 Å². The lowest BCUT2D eigenvalue weighted by Gasteiger charge is -2.21. The van der Waals surface area contributed by atoms with E-state index < -0.39 is 21.7 Å². The van der Waals surface area contributed by atoms with Crippen molar-refractivity contribution in [1.82, 2.24) is 9.71 Å². The topological polar surface area (TPSA) is 85.1 Å². The molecule has 2 rings (SSSR count). The van der Waals surface area contributed by atoms with Crippen LogP contribution in [0.3, 0.4) is 0 Å². The molecule has 0 saturated heterocycles. The first-order valence-corrected chi connectivity index (χ1v) is 6.95. The van der Waals surface area contributed by atoms with Crippen molar-refractivity contribution in [2.45, 2.75) is 36.0 Å². The molecule has 106 valence electrons. The lowest BCUT2D eigenvalue weighted by molar-refractivity contribution is -0.160. The number of halogens is 3. The Balaban J connectivity index is 2.34. The summed E-state index contributed by atoms with van der Waals surface area (Å²) in [7, 11) is -4.29. The van der Waals surface area contributed by atoms with Gasteiger partial charge in [0.05, 0.1) is 5.69 Å². The van der Waals surface area contributed by atoms with Crippen LogP contribution in [0.2, 0.25) is 0 Å². The number of alkyl halides is 3. The Bertz CT molecular complexity index is 582. The smallest absolute Gasteiger partial charge is 0.325 e. The van der Waals surface area contributed by atoms with Crippen molar-refractivity contribution in [2.75, 3.05) is 0 Å². The number of nitrogens with two attached hydrogens (primary N) is 1. The fourth-order valence-corrected chi connectivity index (χ4v) is 3.35. The average molecular weight is 295 g/mol. The molecule has 0 spiro atoms. The van der Waals surface area contributed by atoms with E-state index in [1.54, 1.807) is 4.72 Å². The van der Waals surface area contributed by atoms with E-state index in [9.17, 15) is 21.6 Å². The Kier molecular flexibility index (Phi) is 3.31. The normalized spacial score (nSPS) is 18.3. The van der Waals surface area contributed by atoms with Gasteiger partial charge in [-0.1, -0.05) is 0 Å². The van der Waals surface area contributed by atoms with Gasteiger partial charge in [0.15, 0.2) is 0 Å². The highest BCUT2D eigenvalue weighted by atomic mass is 32.2. The quantitative estimate of drug-likeness (QED) is 0.864. The molecule has 0 atom stereocenters. The number of hydrogen-bond donors (Lipinski definition) is 2. The van der Waals surface area contributed by atoms with E-state index >= 15 is 0 Å². The molecule has 1 saturated carbocycles. The zero-order chi connectivity index (χ0) is 14.3. The summed E-state index contributed by atoms with van der Waals surface area (Å²) in [4.78, 5) is 3.44. The maximum absolute atomic E-state index is 12.8. The molecule has 0 radical (unpaired) electrons. The monoisotopic (exact) mass is 295 g/mol. The first kappa shape index (κ1) is 14.2. The summed E-state index contributed by atoms with van der Waals surface area (Å²) in [6.07, 6.45) is -3.79. The van der Waals surface area contributed by atoms with E-state index in [0.717, 1.165) is 0 Å². The number of hydrogen-bond acceptors (Lipinski definition) is 4. The molecule has 3 N–H and O–H groups in total. The Morgan fingerprint density at radius 2 is 2.05 bits per heavy atom. The minimum absolute atomic E-state index is 0.0352. The van der Waals surface area contributed by atoms with E-state index in [1.165, 1.54) is 18.3 Å². The number of sulfonamides is 1. The van der Waals surface area contributed by atoms with Gasteiger partial charge in [-0.25, -0.2) is 8.42 Å². The molecule has 19 heavy (non-hydrogen) atoms. The largest absolute Gasteiger partial charge is 0.407 e. The Morgan fingerprint density at radius 1 is 1.42 bits per heavy atom. The first-order valence-electron chi connectivity index (χ1n) is 5.46. The summed E-state index contributed by atoms with van der Waals surface area (Å²) in [5.74, 6) is 0. The molecular formula is C10H12F3N3O2S. The van der Waals surface area contributed by atoms with Crippen LogP contribution in [0, 0.1) is 0 Å². The van der Waals surface area contributed by atoms with Gasteiger partial charge in [-0.05, 0) is 25.0 Å². The lowest BCUT2D eigenvalue weighted by Crippen LogP contribution is -2.47. The standard InChI is InChI=1S/C10H12F3N3O2S/c11-10(12,13)9(3-4-9)16-19(17,18)8-2-1-5-15-7(8)6-14/h1-2,5,16H,3-4,6,14H2. The Labute approximate surface area is 108 Å². The van der Waals surface area contributed by atoms with E-state index in [1.807, 2.05) is 0 Å². The van der Waals surface area contributed by atoms with Crippen LogP contribution in [0.25, 0.3) is 0 Å². The van der Waals surface area contributed by atoms with E-state index in [4.69, 9.17) is 5.73 Å². The van der Waals surface area contributed by atoms with Crippen molar-refractivity contribution in [2.24, 2.45) is 5.73 Å². The summed E-state index contributed by atoms with van der Waals surface area (Å²) in [6.45, 7) is -0.171. The van der Waals surface area contributed by atoms with Crippen molar-refractivity contribution in [3.63, 3.8) is 0 Å². The van der Waals surface area contributed by atoms with Gasteiger partial charge < -0.3 is 5.73 Å². The predicted octanol–water partition coefficient (Wildman–Crippen LogP) is 0.914. The summed E-state index contributed by atoms with van der Waals surface area (Å²) >= 11 is 0. The average Bonchev–Trinajstić information content (AvgIpc) is 3.08. The van der Waals surface area contributed by atoms with Crippen LogP contribution >= 0.6 is 0 Å². The Hall–Kier alpha value is -1.19. The molecule has 1 heterocycles. The third-order valence-corrected chi connectivity index (χ3v) is 4.56. The first-order chi connectivity index (χ1) is 8.72. The zero-order valence-electron chi connectivity index (χ0n) is 9.74. The fourth-order valence-electron chi connectivity index (χ4n) is 1.70. The summed E-state index contributed by atoms with van der Waals surface area (Å²) in [6, 6.07) is 2.52. The second-order valence-corrected chi connectivity index (χ2v) is 5.99. The van der Waals surface area contributed by atoms with Crippen LogP contribution in [0.15, 0.2) is 23.2 Å². The van der Waals surface area contributed by atoms with Crippen molar-refractivity contribution >= 4 is 10.0 Å². The third kappa shape index (κ3) is 2.58. The van der Waals surface area contributed by atoms with Gasteiger partial charge in [-0.15, -0.1) is 0 Å². The molecule has 9 heteroatoms. The van der Waals surface area contributed by atoms with Crippen LogP contribution in [0.5, 0.6) is 0 Å². The van der Waals surface area contributed by atoms with Crippen LogP contribution in [0.4, 0.5) is 13.2 Å². The molecule has 0 bridgehead atoms. The van der Waals surface area contributed by atoms with Gasteiger partial charge in [0.2, 0.25) is 10.0 Å². The highest BCUT2D eigenvalue weighted by Crippen LogP contribution is 2.49. The summed E-state index contributed by atoms with van der Waals surface area (Å²) in [5, 5.41) is 0. The molecular weight excluding hydrogens is 283 g/mol. The van der Waals surface area contributed by atoms with Crippen LogP contribution in [-0.4, -0.2) is 25.1 Å². The van der Waals surface area contributed by atoms with E-state index in [-0.39, 0.29) is 30.0 Å². The van der Waals surface area contributed by atoms with Gasteiger partial charge in [0.1, 0.15) is 10.4 Å². The zero-order valence-corrected chi connectivity index (χ0v) is 10.6. The summed E-state index contributed by atoms with van der Waals surface area (Å²) < 4.78 is 64.0. The Morgan fingerprint density at radius 3 is 2.53 bits per heavy atom. The molecule has 1 aromatic rings. The number of aromatic nitrogens is 1. The van der Waals surface area contributed by atoms with Crippen LogP contribution < -0.4 is 10.5 Å². The molecule has 1 fully saturated rings. The molecule has 0 amide bonds. The van der Waals surface area contributed by atoms with Gasteiger partial charge in [0, 0.05) is 12.7 Å². The number of pyridine rings is 1. The maximum atomic E-state index is 12.8. The number of nitrogens with zero attached hydrogens (tertiary/aromatic N) is 1. The minimum Gasteiger partial charge on any atom is -0.325 e. The number of rotatable bonds is 4. The second-order valence-electron chi connectivity index (χ2n) is 4.34. The SMILES string of the molecule is NCc1ncccc1S(=O)(=O)NC1(C(F)(F)F)CC1. The van der Waals surface area contributed by atoms with E-state index in [2.05, 4.69) is 4.98 Å². The molecule has 0 aliphatic heterocycles. The van der Waals surface area contributed by atoms with Crippen molar-refractivity contribution in [3.8, 4) is 0 Å². The maximum Gasteiger partial charge on any atom is 0.407 e. The second kappa shape index (κ2) is 4.43. The van der Waals surface area contributed by atoms with Crippen molar-refractivity contribution in [3.05, 3.63) is 24.0 Å².